The van der Waals surface area contributed by atoms with E-state index in [0.717, 1.165) is 12.7 Å². The molecule has 2 aromatic rings. The fraction of sp³-hybridized carbons (Fsp3) is 0.391. The topological polar surface area (TPSA) is 92.8 Å². The lowest BCUT2D eigenvalue weighted by molar-refractivity contribution is -0.274. The molecule has 0 aromatic heterocycles. The number of rotatable bonds is 7. The van der Waals surface area contributed by atoms with Gasteiger partial charge in [-0.15, -0.1) is 13.2 Å². The molecule has 12 heteroatoms. The predicted octanol–water partition coefficient (Wildman–Crippen LogP) is 4.66. The number of halogens is 4. The zero-order valence-corrected chi connectivity index (χ0v) is 20.3. The fourth-order valence-corrected chi connectivity index (χ4v) is 4.69. The number of ether oxygens (including phenoxy) is 1. The molecule has 0 aliphatic carbocycles. The number of hydrogen-bond acceptors (Lipinski definition) is 5. The zero-order chi connectivity index (χ0) is 25.8. The van der Waals surface area contributed by atoms with Crippen LogP contribution < -0.4 is 10.1 Å². The van der Waals surface area contributed by atoms with E-state index < -0.39 is 39.8 Å². The average Bonchev–Trinajstić information content (AvgIpc) is 2.77. The molecule has 1 aliphatic heterocycles. The van der Waals surface area contributed by atoms with Gasteiger partial charge in [0.2, 0.25) is 11.8 Å². The molecule has 190 valence electrons. The molecule has 1 saturated heterocycles. The third-order valence-corrected chi connectivity index (χ3v) is 6.71. The van der Waals surface area contributed by atoms with Crippen LogP contribution in [-0.2, 0) is 19.4 Å². The number of piperidine rings is 1. The Bertz CT molecular complexity index is 1200. The van der Waals surface area contributed by atoms with Crippen LogP contribution >= 0.6 is 11.6 Å². The van der Waals surface area contributed by atoms with Crippen molar-refractivity contribution in [1.29, 1.82) is 0 Å². The predicted molar refractivity (Wildman–Crippen MR) is 126 cm³/mol. The summed E-state index contributed by atoms with van der Waals surface area (Å²) in [4.78, 5) is 26.9. The van der Waals surface area contributed by atoms with Crippen molar-refractivity contribution in [2.24, 2.45) is 0 Å². The van der Waals surface area contributed by atoms with Gasteiger partial charge in [0.15, 0.2) is 0 Å². The molecule has 2 amide bonds. The summed E-state index contributed by atoms with van der Waals surface area (Å²) in [7, 11) is -3.32. The van der Waals surface area contributed by atoms with Crippen LogP contribution in [0.5, 0.6) is 5.75 Å². The second-order valence-corrected chi connectivity index (χ2v) is 10.9. The van der Waals surface area contributed by atoms with Crippen LogP contribution in [-0.4, -0.2) is 56.1 Å². The summed E-state index contributed by atoms with van der Waals surface area (Å²) in [6.45, 7) is 0.344. The smallest absolute Gasteiger partial charge is 0.405 e. The van der Waals surface area contributed by atoms with E-state index in [2.05, 4.69) is 10.1 Å². The maximum atomic E-state index is 12.9. The van der Waals surface area contributed by atoms with Crippen molar-refractivity contribution >= 4 is 38.9 Å². The molecule has 7 nitrogen and oxygen atoms in total. The first kappa shape index (κ1) is 26.8. The molecule has 0 saturated carbocycles. The zero-order valence-electron chi connectivity index (χ0n) is 18.8. The number of carbonyl (C=O) groups is 2. The van der Waals surface area contributed by atoms with Crippen LogP contribution in [0, 0.1) is 0 Å². The molecule has 1 unspecified atom stereocenters. The van der Waals surface area contributed by atoms with E-state index >= 15 is 0 Å². The molecule has 1 N–H and O–H groups in total. The van der Waals surface area contributed by atoms with Crippen molar-refractivity contribution in [1.82, 2.24) is 4.90 Å². The number of nitrogens with zero attached hydrogens (tertiary/aromatic N) is 1. The minimum atomic E-state index is -4.87. The Morgan fingerprint density at radius 1 is 1.14 bits per heavy atom. The Balaban J connectivity index is 1.76. The second-order valence-electron chi connectivity index (χ2n) is 8.21. The quantitative estimate of drug-likeness (QED) is 0.560. The Hall–Kier alpha value is -2.79. The third kappa shape index (κ3) is 7.60. The van der Waals surface area contributed by atoms with E-state index in [1.807, 2.05) is 0 Å². The number of nitrogens with one attached hydrogen (secondary N) is 1. The van der Waals surface area contributed by atoms with Gasteiger partial charge >= 0.3 is 6.36 Å². The van der Waals surface area contributed by atoms with Crippen molar-refractivity contribution in [3.63, 3.8) is 0 Å². The summed E-state index contributed by atoms with van der Waals surface area (Å²) in [6.07, 6.45) is -2.19. The molecule has 2 aromatic carbocycles. The van der Waals surface area contributed by atoms with E-state index in [1.165, 1.54) is 41.3 Å². The van der Waals surface area contributed by atoms with E-state index in [-0.39, 0.29) is 28.3 Å². The Labute approximate surface area is 206 Å². The minimum Gasteiger partial charge on any atom is -0.405 e. The Morgan fingerprint density at radius 3 is 2.51 bits per heavy atom. The summed E-state index contributed by atoms with van der Waals surface area (Å²) < 4.78 is 65.2. The first-order chi connectivity index (χ1) is 16.3. The standard InChI is InChI=1S/C23H24ClF3N2O5S/c1-35(32,33)13-11-21(30)29-12-5-4-7-19(29)22(31)28-15-9-10-16(18(24)14-15)17-6-2-3-8-20(17)34-23(25,26)27/h2-3,6,8-10,14,19H,4-5,7,11-13H2,1H3,(H,28,31). The number of anilines is 1. The van der Waals surface area contributed by atoms with E-state index in [1.54, 1.807) is 6.07 Å². The molecule has 0 spiro atoms. The van der Waals surface area contributed by atoms with Gasteiger partial charge in [0.1, 0.15) is 21.6 Å². The summed E-state index contributed by atoms with van der Waals surface area (Å²) in [5.41, 5.74) is 0.703. The van der Waals surface area contributed by atoms with Gasteiger partial charge in [0, 0.05) is 36.0 Å². The number of carbonyl (C=O) groups excluding carboxylic acids is 2. The molecule has 1 heterocycles. The number of amides is 2. The molecule has 0 bridgehead atoms. The molecule has 3 rings (SSSR count). The van der Waals surface area contributed by atoms with Gasteiger partial charge in [-0.25, -0.2) is 8.42 Å². The van der Waals surface area contributed by atoms with Crippen LogP contribution in [0.3, 0.4) is 0 Å². The van der Waals surface area contributed by atoms with Gasteiger partial charge in [0.25, 0.3) is 0 Å². The van der Waals surface area contributed by atoms with Crippen molar-refractivity contribution in [3.05, 3.63) is 47.5 Å². The number of sulfone groups is 1. The van der Waals surface area contributed by atoms with Gasteiger partial charge < -0.3 is 15.0 Å². The number of benzene rings is 2. The maximum Gasteiger partial charge on any atom is 0.573 e. The number of para-hydroxylation sites is 1. The molecule has 0 radical (unpaired) electrons. The van der Waals surface area contributed by atoms with Crippen LogP contribution in [0.25, 0.3) is 11.1 Å². The highest BCUT2D eigenvalue weighted by Gasteiger charge is 2.33. The number of hydrogen-bond donors (Lipinski definition) is 1. The summed E-state index contributed by atoms with van der Waals surface area (Å²) >= 11 is 6.33. The highest BCUT2D eigenvalue weighted by molar-refractivity contribution is 7.90. The molecule has 1 aliphatic rings. The Morgan fingerprint density at radius 2 is 1.86 bits per heavy atom. The molecule has 1 fully saturated rings. The average molecular weight is 533 g/mol. The SMILES string of the molecule is CS(=O)(=O)CCC(=O)N1CCCCC1C(=O)Nc1ccc(-c2ccccc2OC(F)(F)F)c(Cl)c1. The number of alkyl halides is 3. The van der Waals surface area contributed by atoms with Crippen LogP contribution in [0.2, 0.25) is 5.02 Å². The molecule has 1 atom stereocenters. The summed E-state index contributed by atoms with van der Waals surface area (Å²) in [5.74, 6) is -1.58. The molecular formula is C23H24ClF3N2O5S. The highest BCUT2D eigenvalue weighted by atomic mass is 35.5. The van der Waals surface area contributed by atoms with E-state index in [9.17, 15) is 31.2 Å². The highest BCUT2D eigenvalue weighted by Crippen LogP contribution is 2.38. The van der Waals surface area contributed by atoms with Crippen LogP contribution in [0.15, 0.2) is 42.5 Å². The van der Waals surface area contributed by atoms with Gasteiger partial charge in [-0.2, -0.15) is 0 Å². The van der Waals surface area contributed by atoms with Gasteiger partial charge in [-0.3, -0.25) is 9.59 Å². The monoisotopic (exact) mass is 532 g/mol. The van der Waals surface area contributed by atoms with Crippen molar-refractivity contribution in [3.8, 4) is 16.9 Å². The summed E-state index contributed by atoms with van der Waals surface area (Å²) in [5, 5.41) is 2.78. The minimum absolute atomic E-state index is 0.0887. The lowest BCUT2D eigenvalue weighted by Crippen LogP contribution is -2.50. The van der Waals surface area contributed by atoms with Crippen molar-refractivity contribution in [2.75, 3.05) is 23.9 Å². The van der Waals surface area contributed by atoms with Crippen molar-refractivity contribution in [2.45, 2.75) is 38.1 Å². The largest absolute Gasteiger partial charge is 0.573 e. The molecular weight excluding hydrogens is 509 g/mol. The van der Waals surface area contributed by atoms with E-state index in [4.69, 9.17) is 11.6 Å². The first-order valence-electron chi connectivity index (χ1n) is 10.8. The Kier molecular flexibility index (Phi) is 8.32. The lowest BCUT2D eigenvalue weighted by Gasteiger charge is -2.34. The number of likely N-dealkylation sites (tertiary alicyclic amines) is 1. The summed E-state index contributed by atoms with van der Waals surface area (Å²) in [6, 6.07) is 9.14. The fourth-order valence-electron chi connectivity index (χ4n) is 3.86. The van der Waals surface area contributed by atoms with Gasteiger partial charge in [-0.1, -0.05) is 35.9 Å². The van der Waals surface area contributed by atoms with Crippen LogP contribution in [0.4, 0.5) is 18.9 Å². The lowest BCUT2D eigenvalue weighted by atomic mass is 10.0. The van der Waals surface area contributed by atoms with E-state index in [0.29, 0.717) is 25.1 Å². The molecule has 35 heavy (non-hydrogen) atoms. The first-order valence-corrected chi connectivity index (χ1v) is 13.2. The van der Waals surface area contributed by atoms with Crippen molar-refractivity contribution < 1.29 is 35.9 Å². The van der Waals surface area contributed by atoms with Crippen LogP contribution in [0.1, 0.15) is 25.7 Å². The third-order valence-electron chi connectivity index (χ3n) is 5.45. The second kappa shape index (κ2) is 10.9. The van der Waals surface area contributed by atoms with Gasteiger partial charge in [-0.05, 0) is 37.5 Å². The normalized spacial score (nSPS) is 16.6. The van der Waals surface area contributed by atoms with Gasteiger partial charge in [0.05, 0.1) is 10.8 Å². The maximum absolute atomic E-state index is 12.9.